The average molecular weight is 390 g/mol. The molecule has 2 aromatic carbocycles. The van der Waals surface area contributed by atoms with Gasteiger partial charge in [-0.05, 0) is 55.5 Å². The van der Waals surface area contributed by atoms with Crippen LogP contribution in [0.25, 0.3) is 0 Å². The lowest BCUT2D eigenvalue weighted by Gasteiger charge is -2.29. The summed E-state index contributed by atoms with van der Waals surface area (Å²) in [5.74, 6) is -0.576. The van der Waals surface area contributed by atoms with Gasteiger partial charge in [-0.25, -0.2) is 12.8 Å². The van der Waals surface area contributed by atoms with Gasteiger partial charge in [0.05, 0.1) is 10.6 Å². The number of nitrogens with zero attached hydrogens (tertiary/aromatic N) is 1. The maximum absolute atomic E-state index is 13.8. The molecular formula is C20H23FN2O3S. The highest BCUT2D eigenvalue weighted by molar-refractivity contribution is 7.89. The maximum atomic E-state index is 13.8. The summed E-state index contributed by atoms with van der Waals surface area (Å²) in [5.41, 5.74) is 0.889. The number of sulfonamides is 1. The number of piperidine rings is 1. The van der Waals surface area contributed by atoms with Gasteiger partial charge in [0.25, 0.3) is 5.91 Å². The second kappa shape index (κ2) is 7.78. The lowest BCUT2D eigenvalue weighted by Crippen LogP contribution is -2.38. The van der Waals surface area contributed by atoms with Gasteiger partial charge in [0.2, 0.25) is 10.0 Å². The zero-order chi connectivity index (χ0) is 19.6. The Morgan fingerprint density at radius 2 is 1.81 bits per heavy atom. The number of benzene rings is 2. The molecule has 3 rings (SSSR count). The molecule has 1 heterocycles. The molecule has 5 nitrogen and oxygen atoms in total. The monoisotopic (exact) mass is 390 g/mol. The maximum Gasteiger partial charge on any atom is 0.256 e. The fraction of sp³-hybridized carbons (Fsp3) is 0.350. The van der Waals surface area contributed by atoms with Crippen molar-refractivity contribution in [2.75, 3.05) is 18.4 Å². The van der Waals surface area contributed by atoms with Crippen LogP contribution in [0.4, 0.5) is 10.1 Å². The Morgan fingerprint density at radius 3 is 2.48 bits per heavy atom. The molecule has 7 heteroatoms. The first-order valence-electron chi connectivity index (χ1n) is 8.95. The van der Waals surface area contributed by atoms with Crippen molar-refractivity contribution < 1.29 is 17.6 Å². The van der Waals surface area contributed by atoms with Crippen LogP contribution < -0.4 is 5.32 Å². The molecular weight excluding hydrogens is 367 g/mol. The van der Waals surface area contributed by atoms with E-state index in [1.165, 1.54) is 34.6 Å². The minimum Gasteiger partial charge on any atom is -0.319 e. The Labute approximate surface area is 159 Å². The molecule has 0 aromatic heterocycles. The van der Waals surface area contributed by atoms with Crippen molar-refractivity contribution >= 4 is 21.6 Å². The molecule has 0 bridgehead atoms. The summed E-state index contributed by atoms with van der Waals surface area (Å²) < 4.78 is 41.1. The Balaban J connectivity index is 1.88. The molecule has 0 aliphatic carbocycles. The van der Waals surface area contributed by atoms with Gasteiger partial charge in [-0.2, -0.15) is 4.31 Å². The Hall–Kier alpha value is -2.25. The topological polar surface area (TPSA) is 66.5 Å². The van der Waals surface area contributed by atoms with Gasteiger partial charge in [0.15, 0.2) is 0 Å². The van der Waals surface area contributed by atoms with Gasteiger partial charge in [-0.1, -0.05) is 25.1 Å². The number of halogens is 1. The zero-order valence-electron chi connectivity index (χ0n) is 15.4. The summed E-state index contributed by atoms with van der Waals surface area (Å²) in [6, 6.07) is 10.3. The second-order valence-electron chi connectivity index (χ2n) is 7.00. The van der Waals surface area contributed by atoms with E-state index in [2.05, 4.69) is 12.2 Å². The first-order valence-corrected chi connectivity index (χ1v) is 10.4. The number of hydrogen-bond donors (Lipinski definition) is 1. The Kier molecular flexibility index (Phi) is 5.62. The molecule has 0 radical (unpaired) electrons. The molecule has 2 aromatic rings. The third kappa shape index (κ3) is 4.20. The van der Waals surface area contributed by atoms with E-state index >= 15 is 0 Å². The van der Waals surface area contributed by atoms with Crippen LogP contribution in [-0.4, -0.2) is 31.7 Å². The van der Waals surface area contributed by atoms with E-state index in [1.807, 2.05) is 0 Å². The van der Waals surface area contributed by atoms with Crippen LogP contribution in [-0.2, 0) is 10.0 Å². The SMILES string of the molecule is Cc1ccc(S(=O)(=O)N2CCC(C)CC2)cc1C(=O)Nc1ccccc1F. The zero-order valence-corrected chi connectivity index (χ0v) is 16.2. The summed E-state index contributed by atoms with van der Waals surface area (Å²) in [7, 11) is -3.66. The minimum absolute atomic E-state index is 0.0557. The van der Waals surface area contributed by atoms with E-state index in [0.717, 1.165) is 12.8 Å². The second-order valence-corrected chi connectivity index (χ2v) is 8.94. The Bertz CT molecular complexity index is 951. The molecule has 0 saturated carbocycles. The van der Waals surface area contributed by atoms with Crippen molar-refractivity contribution in [1.82, 2.24) is 4.31 Å². The highest BCUT2D eigenvalue weighted by Crippen LogP contribution is 2.25. The highest BCUT2D eigenvalue weighted by Gasteiger charge is 2.29. The normalized spacial score (nSPS) is 16.3. The number of hydrogen-bond acceptors (Lipinski definition) is 3. The molecule has 27 heavy (non-hydrogen) atoms. The smallest absolute Gasteiger partial charge is 0.256 e. The van der Waals surface area contributed by atoms with Crippen LogP contribution >= 0.6 is 0 Å². The predicted molar refractivity (Wildman–Crippen MR) is 103 cm³/mol. The first-order chi connectivity index (χ1) is 12.8. The van der Waals surface area contributed by atoms with Gasteiger partial charge in [-0.3, -0.25) is 4.79 Å². The molecule has 1 N–H and O–H groups in total. The van der Waals surface area contributed by atoms with E-state index < -0.39 is 21.7 Å². The van der Waals surface area contributed by atoms with E-state index in [4.69, 9.17) is 0 Å². The van der Waals surface area contributed by atoms with E-state index in [1.54, 1.807) is 19.1 Å². The van der Waals surface area contributed by atoms with E-state index in [-0.39, 0.29) is 16.1 Å². The third-order valence-electron chi connectivity index (χ3n) is 4.96. The van der Waals surface area contributed by atoms with Crippen molar-refractivity contribution in [3.63, 3.8) is 0 Å². The molecule has 1 saturated heterocycles. The Morgan fingerprint density at radius 1 is 1.15 bits per heavy atom. The van der Waals surface area contributed by atoms with Crippen LogP contribution in [0.5, 0.6) is 0 Å². The molecule has 0 spiro atoms. The van der Waals surface area contributed by atoms with Crippen LogP contribution in [0.2, 0.25) is 0 Å². The summed E-state index contributed by atoms with van der Waals surface area (Å²) in [6.07, 6.45) is 1.65. The molecule has 1 aliphatic heterocycles. The van der Waals surface area contributed by atoms with Crippen molar-refractivity contribution in [3.05, 3.63) is 59.4 Å². The number of rotatable bonds is 4. The van der Waals surface area contributed by atoms with Crippen LogP contribution in [0, 0.1) is 18.7 Å². The summed E-state index contributed by atoms with van der Waals surface area (Å²) in [5, 5.41) is 2.51. The fourth-order valence-electron chi connectivity index (χ4n) is 3.13. The third-order valence-corrected chi connectivity index (χ3v) is 6.85. The van der Waals surface area contributed by atoms with Crippen LogP contribution in [0.3, 0.4) is 0 Å². The fourth-order valence-corrected chi connectivity index (χ4v) is 4.63. The van der Waals surface area contributed by atoms with Gasteiger partial charge in [-0.15, -0.1) is 0 Å². The lowest BCUT2D eigenvalue weighted by atomic mass is 10.0. The average Bonchev–Trinajstić information content (AvgIpc) is 2.64. The molecule has 0 atom stereocenters. The number of carbonyl (C=O) groups excluding carboxylic acids is 1. The molecule has 1 aliphatic rings. The van der Waals surface area contributed by atoms with Crippen molar-refractivity contribution in [1.29, 1.82) is 0 Å². The highest BCUT2D eigenvalue weighted by atomic mass is 32.2. The number of nitrogens with one attached hydrogen (secondary N) is 1. The lowest BCUT2D eigenvalue weighted by molar-refractivity contribution is 0.102. The molecule has 1 amide bonds. The van der Waals surface area contributed by atoms with Crippen molar-refractivity contribution in [2.45, 2.75) is 31.6 Å². The molecule has 1 fully saturated rings. The number of para-hydroxylation sites is 1. The quantitative estimate of drug-likeness (QED) is 0.863. The number of aryl methyl sites for hydroxylation is 1. The largest absolute Gasteiger partial charge is 0.319 e. The number of carbonyl (C=O) groups is 1. The van der Waals surface area contributed by atoms with Crippen molar-refractivity contribution in [2.24, 2.45) is 5.92 Å². The van der Waals surface area contributed by atoms with Crippen LogP contribution in [0.1, 0.15) is 35.7 Å². The van der Waals surface area contributed by atoms with E-state index in [0.29, 0.717) is 24.6 Å². The number of amides is 1. The van der Waals surface area contributed by atoms with Gasteiger partial charge in [0.1, 0.15) is 5.82 Å². The molecule has 144 valence electrons. The van der Waals surface area contributed by atoms with Gasteiger partial charge < -0.3 is 5.32 Å². The predicted octanol–water partition coefficient (Wildman–Crippen LogP) is 3.81. The minimum atomic E-state index is -3.66. The summed E-state index contributed by atoms with van der Waals surface area (Å²) >= 11 is 0. The van der Waals surface area contributed by atoms with Gasteiger partial charge >= 0.3 is 0 Å². The van der Waals surface area contributed by atoms with E-state index in [9.17, 15) is 17.6 Å². The standard InChI is InChI=1S/C20H23FN2O3S/c1-14-9-11-23(12-10-14)27(25,26)16-8-7-15(2)17(13-16)20(24)22-19-6-4-3-5-18(19)21/h3-8,13-14H,9-12H2,1-2H3,(H,22,24). The number of anilines is 1. The van der Waals surface area contributed by atoms with Crippen LogP contribution in [0.15, 0.2) is 47.4 Å². The van der Waals surface area contributed by atoms with Gasteiger partial charge in [0, 0.05) is 18.7 Å². The first kappa shape index (κ1) is 19.5. The molecule has 0 unspecified atom stereocenters. The summed E-state index contributed by atoms with van der Waals surface area (Å²) in [4.78, 5) is 12.7. The summed E-state index contributed by atoms with van der Waals surface area (Å²) in [6.45, 7) is 4.79. The van der Waals surface area contributed by atoms with Crippen molar-refractivity contribution in [3.8, 4) is 0 Å².